The van der Waals surface area contributed by atoms with Crippen molar-refractivity contribution in [1.82, 2.24) is 24.9 Å². The minimum absolute atomic E-state index is 0.0317. The van der Waals surface area contributed by atoms with Gasteiger partial charge in [0.25, 0.3) is 0 Å². The van der Waals surface area contributed by atoms with E-state index in [4.69, 9.17) is 0 Å². The van der Waals surface area contributed by atoms with Gasteiger partial charge in [0.1, 0.15) is 12.0 Å². The molecule has 4 aromatic rings. The van der Waals surface area contributed by atoms with Gasteiger partial charge in [0.2, 0.25) is 11.9 Å². The molecular formula is C21H20F2N6. The van der Waals surface area contributed by atoms with Crippen molar-refractivity contribution in [3.05, 3.63) is 43.1 Å². The van der Waals surface area contributed by atoms with E-state index in [0.717, 1.165) is 33.1 Å². The molecule has 0 amide bonds. The Morgan fingerprint density at radius 3 is 2.86 bits per heavy atom. The van der Waals surface area contributed by atoms with E-state index in [0.29, 0.717) is 25.3 Å². The van der Waals surface area contributed by atoms with E-state index in [-0.39, 0.29) is 18.8 Å². The molecule has 1 aliphatic carbocycles. The average Bonchev–Trinajstić information content (AvgIpc) is 3.16. The standard InChI is InChI=1S/C21H20F2N6/c22-21(23)5-3-13(4-6-21)8-26-20-27-11-17-16(10-25-19(17)29-20)14-1-2-18-15(7-14)9-24-12-28-18/h1-2,7,9-13H,3-6,8H2,(H2,25,26,27,29). The van der Waals surface area contributed by atoms with E-state index >= 15 is 0 Å². The van der Waals surface area contributed by atoms with Gasteiger partial charge in [-0.2, -0.15) is 4.98 Å². The Labute approximate surface area is 165 Å². The van der Waals surface area contributed by atoms with E-state index < -0.39 is 5.92 Å². The third kappa shape index (κ3) is 3.62. The maximum atomic E-state index is 13.3. The first kappa shape index (κ1) is 17.9. The Hall–Kier alpha value is -3.16. The number of rotatable bonds is 4. The first-order valence-corrected chi connectivity index (χ1v) is 9.73. The van der Waals surface area contributed by atoms with Crippen LogP contribution in [0.3, 0.4) is 0 Å². The van der Waals surface area contributed by atoms with Crippen LogP contribution in [0.15, 0.2) is 43.1 Å². The van der Waals surface area contributed by atoms with Gasteiger partial charge in [0, 0.05) is 54.3 Å². The fraction of sp³-hybridized carbons (Fsp3) is 0.333. The number of H-pyrrole nitrogens is 1. The Morgan fingerprint density at radius 1 is 1.14 bits per heavy atom. The average molecular weight is 394 g/mol. The maximum absolute atomic E-state index is 13.3. The number of anilines is 1. The Kier molecular flexibility index (Phi) is 4.34. The van der Waals surface area contributed by atoms with Gasteiger partial charge in [-0.3, -0.25) is 0 Å². The molecule has 0 unspecified atom stereocenters. The highest BCUT2D eigenvalue weighted by atomic mass is 19.3. The molecule has 0 bridgehead atoms. The van der Waals surface area contributed by atoms with Gasteiger partial charge in [-0.1, -0.05) is 6.07 Å². The van der Waals surface area contributed by atoms with Crippen molar-refractivity contribution >= 4 is 27.9 Å². The highest BCUT2D eigenvalue weighted by molar-refractivity contribution is 5.96. The van der Waals surface area contributed by atoms with Crippen molar-refractivity contribution in [2.45, 2.75) is 31.6 Å². The van der Waals surface area contributed by atoms with Crippen molar-refractivity contribution < 1.29 is 8.78 Å². The summed E-state index contributed by atoms with van der Waals surface area (Å²) in [6.45, 7) is 0.611. The third-order valence-electron chi connectivity index (χ3n) is 5.63. The van der Waals surface area contributed by atoms with Crippen LogP contribution in [0.4, 0.5) is 14.7 Å². The number of aromatic amines is 1. The molecule has 1 aromatic carbocycles. The summed E-state index contributed by atoms with van der Waals surface area (Å²) in [5, 5.41) is 5.09. The number of alkyl halides is 2. The van der Waals surface area contributed by atoms with Crippen LogP contribution in [0.2, 0.25) is 0 Å². The molecular weight excluding hydrogens is 374 g/mol. The zero-order chi connectivity index (χ0) is 19.8. The number of nitrogens with one attached hydrogen (secondary N) is 2. The molecule has 3 aromatic heterocycles. The largest absolute Gasteiger partial charge is 0.354 e. The number of aromatic nitrogens is 5. The molecule has 6 nitrogen and oxygen atoms in total. The number of halogens is 2. The van der Waals surface area contributed by atoms with E-state index in [1.807, 2.05) is 24.4 Å². The van der Waals surface area contributed by atoms with Gasteiger partial charge in [-0.05, 0) is 36.5 Å². The third-order valence-corrected chi connectivity index (χ3v) is 5.63. The summed E-state index contributed by atoms with van der Waals surface area (Å²) < 4.78 is 26.6. The summed E-state index contributed by atoms with van der Waals surface area (Å²) in [6, 6.07) is 6.03. The molecule has 0 radical (unpaired) electrons. The topological polar surface area (TPSA) is 79.4 Å². The number of hydrogen-bond acceptors (Lipinski definition) is 5. The quantitative estimate of drug-likeness (QED) is 0.519. The van der Waals surface area contributed by atoms with Gasteiger partial charge in [0.05, 0.1) is 5.52 Å². The number of benzene rings is 1. The second-order valence-corrected chi connectivity index (χ2v) is 7.63. The monoisotopic (exact) mass is 394 g/mol. The number of hydrogen-bond donors (Lipinski definition) is 2. The molecule has 2 N–H and O–H groups in total. The van der Waals surface area contributed by atoms with Gasteiger partial charge in [-0.15, -0.1) is 0 Å². The van der Waals surface area contributed by atoms with Gasteiger partial charge in [0.15, 0.2) is 0 Å². The van der Waals surface area contributed by atoms with Crippen LogP contribution in [-0.4, -0.2) is 37.4 Å². The highest BCUT2D eigenvalue weighted by Gasteiger charge is 2.34. The lowest BCUT2D eigenvalue weighted by Gasteiger charge is -2.28. The Morgan fingerprint density at radius 2 is 2.00 bits per heavy atom. The van der Waals surface area contributed by atoms with Crippen LogP contribution in [0.1, 0.15) is 25.7 Å². The van der Waals surface area contributed by atoms with Crippen molar-refractivity contribution in [3.63, 3.8) is 0 Å². The van der Waals surface area contributed by atoms with Crippen molar-refractivity contribution in [1.29, 1.82) is 0 Å². The summed E-state index contributed by atoms with van der Waals surface area (Å²) in [5.74, 6) is -1.76. The molecule has 3 heterocycles. The molecule has 1 saturated carbocycles. The molecule has 0 aliphatic heterocycles. The Balaban J connectivity index is 1.34. The van der Waals surface area contributed by atoms with E-state index in [1.54, 1.807) is 12.4 Å². The Bertz CT molecular complexity index is 1160. The van der Waals surface area contributed by atoms with Crippen LogP contribution >= 0.6 is 0 Å². The summed E-state index contributed by atoms with van der Waals surface area (Å²) in [5.41, 5.74) is 3.67. The van der Waals surface area contributed by atoms with Crippen LogP contribution in [0.25, 0.3) is 33.1 Å². The lowest BCUT2D eigenvalue weighted by molar-refractivity contribution is -0.0443. The molecule has 5 rings (SSSR count). The molecule has 0 saturated heterocycles. The fourth-order valence-electron chi connectivity index (χ4n) is 3.92. The SMILES string of the molecule is FC1(F)CCC(CNc2ncc3c(-c4ccc5ncncc5c4)c[nH]c3n2)CC1. The second-order valence-electron chi connectivity index (χ2n) is 7.63. The van der Waals surface area contributed by atoms with Gasteiger partial charge in [-0.25, -0.2) is 23.7 Å². The van der Waals surface area contributed by atoms with Crippen molar-refractivity contribution in [3.8, 4) is 11.1 Å². The fourth-order valence-corrected chi connectivity index (χ4v) is 3.92. The molecule has 0 spiro atoms. The molecule has 8 heteroatoms. The molecule has 148 valence electrons. The van der Waals surface area contributed by atoms with Crippen LogP contribution in [-0.2, 0) is 0 Å². The minimum Gasteiger partial charge on any atom is -0.354 e. The zero-order valence-electron chi connectivity index (χ0n) is 15.7. The molecule has 0 atom stereocenters. The van der Waals surface area contributed by atoms with E-state index in [9.17, 15) is 8.78 Å². The number of fused-ring (bicyclic) bond motifs is 2. The minimum atomic E-state index is -2.50. The van der Waals surface area contributed by atoms with E-state index in [1.165, 1.54) is 6.33 Å². The van der Waals surface area contributed by atoms with Gasteiger partial charge >= 0.3 is 0 Å². The summed E-state index contributed by atoms with van der Waals surface area (Å²) in [4.78, 5) is 20.5. The number of nitrogens with zero attached hydrogens (tertiary/aromatic N) is 4. The first-order valence-electron chi connectivity index (χ1n) is 9.73. The zero-order valence-corrected chi connectivity index (χ0v) is 15.7. The lowest BCUT2D eigenvalue weighted by atomic mass is 9.87. The normalized spacial score (nSPS) is 17.0. The summed E-state index contributed by atoms with van der Waals surface area (Å²) in [7, 11) is 0. The van der Waals surface area contributed by atoms with E-state index in [2.05, 4.69) is 30.2 Å². The van der Waals surface area contributed by atoms with Crippen molar-refractivity contribution in [2.24, 2.45) is 5.92 Å². The molecule has 1 fully saturated rings. The van der Waals surface area contributed by atoms with Crippen molar-refractivity contribution in [2.75, 3.05) is 11.9 Å². The van der Waals surface area contributed by atoms with Gasteiger partial charge < -0.3 is 10.3 Å². The highest BCUT2D eigenvalue weighted by Crippen LogP contribution is 2.36. The second kappa shape index (κ2) is 7.02. The summed E-state index contributed by atoms with van der Waals surface area (Å²) >= 11 is 0. The lowest BCUT2D eigenvalue weighted by Crippen LogP contribution is -2.28. The molecule has 1 aliphatic rings. The van der Waals surface area contributed by atoms with Crippen LogP contribution < -0.4 is 5.32 Å². The maximum Gasteiger partial charge on any atom is 0.248 e. The van der Waals surface area contributed by atoms with Crippen LogP contribution in [0.5, 0.6) is 0 Å². The smallest absolute Gasteiger partial charge is 0.248 e. The summed E-state index contributed by atoms with van der Waals surface area (Å²) in [6.07, 6.45) is 8.02. The molecule has 29 heavy (non-hydrogen) atoms. The van der Waals surface area contributed by atoms with Crippen LogP contribution in [0, 0.1) is 5.92 Å². The first-order chi connectivity index (χ1) is 14.1. The predicted molar refractivity (Wildman–Crippen MR) is 108 cm³/mol. The predicted octanol–water partition coefficient (Wildman–Crippen LogP) is 4.81.